The summed E-state index contributed by atoms with van der Waals surface area (Å²) in [5.74, 6) is 2.24. The summed E-state index contributed by atoms with van der Waals surface area (Å²) in [7, 11) is 0. The quantitative estimate of drug-likeness (QED) is 0.182. The molecule has 196 valence electrons. The van der Waals surface area contributed by atoms with Crippen molar-refractivity contribution in [2.24, 2.45) is 0 Å². The monoisotopic (exact) mass is 588 g/mol. The second kappa shape index (κ2) is 15.2. The minimum atomic E-state index is -3.52. The Labute approximate surface area is 222 Å². The van der Waals surface area contributed by atoms with Crippen LogP contribution in [0.5, 0.6) is 11.5 Å². The van der Waals surface area contributed by atoms with E-state index in [0.29, 0.717) is 0 Å². The van der Waals surface area contributed by atoms with Crippen LogP contribution in [0, 0.1) is 13.8 Å². The Hall–Kier alpha value is -1.16. The minimum absolute atomic E-state index is 1.06. The Morgan fingerprint density at radius 1 is 0.543 bits per heavy atom. The van der Waals surface area contributed by atoms with Crippen molar-refractivity contribution in [2.45, 2.75) is 128 Å². The zero-order valence-corrected chi connectivity index (χ0v) is 27.0. The van der Waals surface area contributed by atoms with Crippen molar-refractivity contribution in [1.82, 2.24) is 0 Å². The molecule has 2 aromatic rings. The van der Waals surface area contributed by atoms with Gasteiger partial charge >= 0.3 is 223 Å². The predicted octanol–water partition coefficient (Wildman–Crippen LogP) is 9.83. The molecule has 0 N–H and O–H groups in total. The molecule has 0 aliphatic heterocycles. The molecule has 0 spiro atoms. The first-order chi connectivity index (χ1) is 16.9. The fourth-order valence-electron chi connectivity index (χ4n) is 5.44. The molecule has 0 saturated heterocycles. The van der Waals surface area contributed by atoms with E-state index in [-0.39, 0.29) is 0 Å². The van der Waals surface area contributed by atoms with Crippen LogP contribution in [0.4, 0.5) is 0 Å². The first-order valence-corrected chi connectivity index (χ1v) is 20.9. The molecule has 2 rings (SSSR count). The van der Waals surface area contributed by atoms with E-state index in [4.69, 9.17) is 6.15 Å². The molecular formula is C32H52O2Sn. The fourth-order valence-corrected chi connectivity index (χ4v) is 15.9. The van der Waals surface area contributed by atoms with Crippen molar-refractivity contribution in [3.05, 3.63) is 57.6 Å². The van der Waals surface area contributed by atoms with Crippen LogP contribution in [0.25, 0.3) is 0 Å². The van der Waals surface area contributed by atoms with Gasteiger partial charge in [0.1, 0.15) is 0 Å². The van der Waals surface area contributed by atoms with Crippen LogP contribution in [0.2, 0.25) is 8.87 Å². The third kappa shape index (κ3) is 7.91. The average Bonchev–Trinajstić information content (AvgIpc) is 2.85. The van der Waals surface area contributed by atoms with Gasteiger partial charge in [0.25, 0.3) is 0 Å². The molecule has 2 aromatic carbocycles. The summed E-state index contributed by atoms with van der Waals surface area (Å²) in [6, 6.07) is 9.05. The third-order valence-corrected chi connectivity index (χ3v) is 17.1. The molecule has 0 amide bonds. The summed E-state index contributed by atoms with van der Waals surface area (Å²) in [5.41, 5.74) is 8.60. The predicted molar refractivity (Wildman–Crippen MR) is 156 cm³/mol. The number of benzene rings is 2. The summed E-state index contributed by atoms with van der Waals surface area (Å²) in [6.45, 7) is 18.2. The van der Waals surface area contributed by atoms with E-state index < -0.39 is 19.2 Å². The van der Waals surface area contributed by atoms with E-state index in [1.165, 1.54) is 59.1 Å². The third-order valence-electron chi connectivity index (χ3n) is 7.37. The van der Waals surface area contributed by atoms with Gasteiger partial charge < -0.3 is 0 Å². The van der Waals surface area contributed by atoms with Crippen LogP contribution in [0.1, 0.15) is 113 Å². The summed E-state index contributed by atoms with van der Waals surface area (Å²) >= 11 is -3.52. The zero-order chi connectivity index (χ0) is 25.8. The van der Waals surface area contributed by atoms with Crippen molar-refractivity contribution >= 4 is 19.2 Å². The number of aryl methyl sites for hydroxylation is 2. The topological polar surface area (TPSA) is 18.5 Å². The summed E-state index contributed by atoms with van der Waals surface area (Å²) < 4.78 is 16.9. The summed E-state index contributed by atoms with van der Waals surface area (Å²) in [6.07, 6.45) is 11.3. The van der Waals surface area contributed by atoms with Crippen LogP contribution in [-0.2, 0) is 25.7 Å². The van der Waals surface area contributed by atoms with Gasteiger partial charge in [-0.05, 0) is 0 Å². The molecule has 2 nitrogen and oxygen atoms in total. The molecule has 0 radical (unpaired) electrons. The first-order valence-electron chi connectivity index (χ1n) is 14.5. The molecule has 0 aliphatic rings. The van der Waals surface area contributed by atoms with Gasteiger partial charge in [0.05, 0.1) is 0 Å². The molecule has 0 saturated carbocycles. The molecule has 35 heavy (non-hydrogen) atoms. The Bertz CT molecular complexity index is 843. The average molecular weight is 587 g/mol. The van der Waals surface area contributed by atoms with Crippen molar-refractivity contribution in [1.29, 1.82) is 0 Å². The Kier molecular flexibility index (Phi) is 13.0. The van der Waals surface area contributed by atoms with E-state index in [1.807, 2.05) is 0 Å². The summed E-state index contributed by atoms with van der Waals surface area (Å²) in [5, 5.41) is 0. The van der Waals surface area contributed by atoms with Gasteiger partial charge in [0.2, 0.25) is 0 Å². The molecular weight excluding hydrogens is 535 g/mol. The van der Waals surface area contributed by atoms with Crippen LogP contribution >= 0.6 is 0 Å². The molecule has 0 atom stereocenters. The second-order valence-electron chi connectivity index (χ2n) is 10.2. The van der Waals surface area contributed by atoms with Gasteiger partial charge in [-0.3, -0.25) is 0 Å². The molecule has 3 heteroatoms. The Morgan fingerprint density at radius 2 is 0.943 bits per heavy atom. The van der Waals surface area contributed by atoms with Crippen molar-refractivity contribution in [2.75, 3.05) is 0 Å². The van der Waals surface area contributed by atoms with Gasteiger partial charge in [-0.15, -0.1) is 0 Å². The van der Waals surface area contributed by atoms with E-state index >= 15 is 0 Å². The molecule has 0 aromatic heterocycles. The van der Waals surface area contributed by atoms with Gasteiger partial charge in [-0.1, -0.05) is 0 Å². The number of unbranched alkanes of at least 4 members (excludes halogenated alkanes) is 2. The van der Waals surface area contributed by atoms with Gasteiger partial charge in [0.15, 0.2) is 0 Å². The molecule has 0 unspecified atom stereocenters. The number of hydrogen-bond acceptors (Lipinski definition) is 2. The standard InChI is InChI=1S/2C12H18O.2C4H9.Sn/c2*1-4-6-11-10(5-2)9(3)7-8-12(11)13;2*1-3-4-2;/h2*7-8,13H,4-6H2,1-3H3;2*1,3-4H2,2H3;/q;;;;+2/p-2. The number of hydrogen-bond donors (Lipinski definition) is 0. The molecule has 0 aliphatic carbocycles. The van der Waals surface area contributed by atoms with Crippen LogP contribution in [0.3, 0.4) is 0 Å². The summed E-state index contributed by atoms with van der Waals surface area (Å²) in [4.78, 5) is 0. The van der Waals surface area contributed by atoms with E-state index in [1.54, 1.807) is 0 Å². The van der Waals surface area contributed by atoms with Crippen LogP contribution in [-0.4, -0.2) is 19.2 Å². The molecule has 0 bridgehead atoms. The Morgan fingerprint density at radius 3 is 1.26 bits per heavy atom. The SMILES string of the molecule is CCC[CH2][Sn]([CH2]CCC)([O]c1ccc(C)c(CC)c1CCC)[O]c1ccc(C)c(CC)c1CCC. The van der Waals surface area contributed by atoms with E-state index in [9.17, 15) is 0 Å². The van der Waals surface area contributed by atoms with Crippen molar-refractivity contribution in [3.8, 4) is 11.5 Å². The van der Waals surface area contributed by atoms with Gasteiger partial charge in [-0.25, -0.2) is 0 Å². The van der Waals surface area contributed by atoms with Crippen molar-refractivity contribution < 1.29 is 6.15 Å². The number of rotatable bonds is 16. The molecule has 0 fully saturated rings. The van der Waals surface area contributed by atoms with Crippen LogP contribution < -0.4 is 6.15 Å². The first kappa shape index (κ1) is 30.1. The van der Waals surface area contributed by atoms with E-state index in [0.717, 1.165) is 58.9 Å². The van der Waals surface area contributed by atoms with E-state index in [2.05, 4.69) is 79.7 Å². The van der Waals surface area contributed by atoms with Gasteiger partial charge in [0, 0.05) is 0 Å². The normalized spacial score (nSPS) is 11.7. The maximum absolute atomic E-state index is 7.32. The maximum atomic E-state index is 7.32. The van der Waals surface area contributed by atoms with Crippen molar-refractivity contribution in [3.63, 3.8) is 0 Å². The van der Waals surface area contributed by atoms with Gasteiger partial charge in [-0.2, -0.15) is 0 Å². The Balaban J connectivity index is 2.64. The fraction of sp³-hybridized carbons (Fsp3) is 0.625. The molecule has 0 heterocycles. The second-order valence-corrected chi connectivity index (χ2v) is 19.4. The zero-order valence-electron chi connectivity index (χ0n) is 24.1. The van der Waals surface area contributed by atoms with Crippen LogP contribution in [0.15, 0.2) is 24.3 Å².